The Morgan fingerprint density at radius 1 is 1.19 bits per heavy atom. The molecule has 1 fully saturated rings. The molecule has 0 radical (unpaired) electrons. The highest BCUT2D eigenvalue weighted by atomic mass is 79.9. The number of ether oxygens (including phenoxy) is 1. The van der Waals surface area contributed by atoms with Crippen molar-refractivity contribution in [3.63, 3.8) is 0 Å². The van der Waals surface area contributed by atoms with Crippen molar-refractivity contribution in [3.05, 3.63) is 64.6 Å². The quantitative estimate of drug-likeness (QED) is 0.581. The lowest BCUT2D eigenvalue weighted by atomic mass is 9.77. The number of carbonyl (C=O) groups is 3. The van der Waals surface area contributed by atoms with Gasteiger partial charge in [0.1, 0.15) is 0 Å². The first kappa shape index (κ1) is 19.3. The molecule has 0 saturated carbocycles. The number of carbonyl (C=O) groups excluding carboxylic acids is 3. The lowest BCUT2D eigenvalue weighted by molar-refractivity contribution is -0.154. The Kier molecular flexibility index (Phi) is 5.43. The summed E-state index contributed by atoms with van der Waals surface area (Å²) in [6, 6.07) is 15.4. The number of esters is 1. The molecular weight excluding hydrogens is 412 g/mol. The Balaban J connectivity index is 2.03. The van der Waals surface area contributed by atoms with Crippen LogP contribution in [-0.2, 0) is 24.7 Å². The molecule has 2 atom stereocenters. The summed E-state index contributed by atoms with van der Waals surface area (Å²) in [5, 5.41) is 0. The molecule has 2 amide bonds. The molecule has 1 aliphatic rings. The molecule has 1 heterocycles. The number of amides is 2. The minimum absolute atomic E-state index is 0.121. The fourth-order valence-corrected chi connectivity index (χ4v) is 3.54. The summed E-state index contributed by atoms with van der Waals surface area (Å²) in [6.07, 6.45) is -0.168. The van der Waals surface area contributed by atoms with Crippen LogP contribution in [-0.4, -0.2) is 24.4 Å². The molecule has 0 bridgehead atoms. The number of nitrogens with zero attached hydrogens (tertiary/aromatic N) is 1. The normalized spacial score (nSPS) is 19.1. The summed E-state index contributed by atoms with van der Waals surface area (Å²) in [5.41, 5.74) is 5.62. The predicted molar refractivity (Wildman–Crippen MR) is 104 cm³/mol. The predicted octanol–water partition coefficient (Wildman–Crippen LogP) is 2.75. The van der Waals surface area contributed by atoms with Crippen molar-refractivity contribution in [2.75, 3.05) is 11.5 Å². The summed E-state index contributed by atoms with van der Waals surface area (Å²) < 4.78 is 5.99. The van der Waals surface area contributed by atoms with Gasteiger partial charge in [0, 0.05) is 10.9 Å². The standard InChI is InChI=1S/C20H19BrN2O4/c1-2-27-19(26)20(22,13-6-4-3-5-7-13)16-12-17(24)23(18(16)25)15-10-8-14(21)9-11-15/h3-11,16H,2,12,22H2,1H3/t16-,20-/m1/s1. The minimum atomic E-state index is -1.74. The molecule has 1 aliphatic heterocycles. The first-order valence-corrected chi connectivity index (χ1v) is 9.32. The van der Waals surface area contributed by atoms with Crippen LogP contribution in [0.15, 0.2) is 59.1 Å². The summed E-state index contributed by atoms with van der Waals surface area (Å²) in [6.45, 7) is 1.79. The van der Waals surface area contributed by atoms with Crippen molar-refractivity contribution in [3.8, 4) is 0 Å². The summed E-state index contributed by atoms with van der Waals surface area (Å²) >= 11 is 3.33. The number of rotatable bonds is 5. The topological polar surface area (TPSA) is 89.7 Å². The van der Waals surface area contributed by atoms with E-state index in [-0.39, 0.29) is 13.0 Å². The maximum absolute atomic E-state index is 13.1. The molecule has 0 aliphatic carbocycles. The first-order valence-electron chi connectivity index (χ1n) is 8.53. The van der Waals surface area contributed by atoms with E-state index in [9.17, 15) is 14.4 Å². The van der Waals surface area contributed by atoms with Crippen molar-refractivity contribution >= 4 is 39.4 Å². The highest BCUT2D eigenvalue weighted by Crippen LogP contribution is 2.38. The van der Waals surface area contributed by atoms with E-state index in [4.69, 9.17) is 10.5 Å². The molecular formula is C20H19BrN2O4. The number of hydrogen-bond donors (Lipinski definition) is 1. The number of anilines is 1. The molecule has 0 aromatic heterocycles. The molecule has 27 heavy (non-hydrogen) atoms. The second-order valence-corrected chi connectivity index (χ2v) is 7.17. The third-order valence-electron chi connectivity index (χ3n) is 4.65. The molecule has 2 aromatic carbocycles. The van der Waals surface area contributed by atoms with Gasteiger partial charge in [0.25, 0.3) is 0 Å². The van der Waals surface area contributed by atoms with Crippen molar-refractivity contribution in [2.45, 2.75) is 18.9 Å². The van der Waals surface area contributed by atoms with Gasteiger partial charge in [-0.1, -0.05) is 46.3 Å². The molecule has 2 aromatic rings. The number of halogens is 1. The second kappa shape index (κ2) is 7.62. The fraction of sp³-hybridized carbons (Fsp3) is 0.250. The largest absolute Gasteiger partial charge is 0.464 e. The summed E-state index contributed by atoms with van der Waals surface area (Å²) in [7, 11) is 0. The smallest absolute Gasteiger partial charge is 0.331 e. The number of benzene rings is 2. The Hall–Kier alpha value is -2.51. The van der Waals surface area contributed by atoms with Gasteiger partial charge in [0.05, 0.1) is 18.2 Å². The number of imide groups is 1. The zero-order chi connectivity index (χ0) is 19.6. The Bertz CT molecular complexity index is 869. The molecule has 2 N–H and O–H groups in total. The average Bonchev–Trinajstić information content (AvgIpc) is 2.97. The van der Waals surface area contributed by atoms with Gasteiger partial charge < -0.3 is 10.5 Å². The van der Waals surface area contributed by atoms with Crippen LogP contribution in [0.3, 0.4) is 0 Å². The van der Waals surface area contributed by atoms with Gasteiger partial charge in [-0.05, 0) is 36.8 Å². The zero-order valence-corrected chi connectivity index (χ0v) is 16.3. The van der Waals surface area contributed by atoms with Gasteiger partial charge in [-0.25, -0.2) is 4.79 Å². The van der Waals surface area contributed by atoms with E-state index in [1.807, 2.05) is 0 Å². The van der Waals surface area contributed by atoms with Crippen LogP contribution in [0.1, 0.15) is 18.9 Å². The number of hydrogen-bond acceptors (Lipinski definition) is 5. The average molecular weight is 431 g/mol. The van der Waals surface area contributed by atoms with Crippen LogP contribution >= 0.6 is 15.9 Å². The maximum atomic E-state index is 13.1. The second-order valence-electron chi connectivity index (χ2n) is 6.26. The van der Waals surface area contributed by atoms with E-state index in [1.54, 1.807) is 61.5 Å². The maximum Gasteiger partial charge on any atom is 0.331 e. The van der Waals surface area contributed by atoms with Gasteiger partial charge in [-0.15, -0.1) is 0 Å². The third-order valence-corrected chi connectivity index (χ3v) is 5.17. The van der Waals surface area contributed by atoms with E-state index < -0.39 is 29.2 Å². The van der Waals surface area contributed by atoms with E-state index >= 15 is 0 Å². The van der Waals surface area contributed by atoms with Crippen molar-refractivity contribution in [2.24, 2.45) is 11.7 Å². The van der Waals surface area contributed by atoms with E-state index in [0.717, 1.165) is 9.37 Å². The van der Waals surface area contributed by atoms with Gasteiger partial charge >= 0.3 is 5.97 Å². The summed E-state index contributed by atoms with van der Waals surface area (Å²) in [5.74, 6) is -2.68. The Morgan fingerprint density at radius 2 is 1.81 bits per heavy atom. The van der Waals surface area contributed by atoms with Gasteiger partial charge in [-0.2, -0.15) is 0 Å². The highest BCUT2D eigenvalue weighted by Gasteiger charge is 2.55. The fourth-order valence-electron chi connectivity index (χ4n) is 3.27. The van der Waals surface area contributed by atoms with Crippen LogP contribution in [0.2, 0.25) is 0 Å². The van der Waals surface area contributed by atoms with Crippen LogP contribution < -0.4 is 10.6 Å². The molecule has 6 nitrogen and oxygen atoms in total. The number of nitrogens with two attached hydrogens (primary N) is 1. The third kappa shape index (κ3) is 3.40. The highest BCUT2D eigenvalue weighted by molar-refractivity contribution is 9.10. The van der Waals surface area contributed by atoms with Crippen LogP contribution in [0.5, 0.6) is 0 Å². The van der Waals surface area contributed by atoms with Crippen LogP contribution in [0.25, 0.3) is 0 Å². The Labute approximate surface area is 165 Å². The lowest BCUT2D eigenvalue weighted by Crippen LogP contribution is -2.54. The van der Waals surface area contributed by atoms with Crippen LogP contribution in [0.4, 0.5) is 5.69 Å². The van der Waals surface area contributed by atoms with Gasteiger partial charge in [-0.3, -0.25) is 14.5 Å². The monoisotopic (exact) mass is 430 g/mol. The van der Waals surface area contributed by atoms with Gasteiger partial charge in [0.15, 0.2) is 5.54 Å². The van der Waals surface area contributed by atoms with Crippen LogP contribution in [0, 0.1) is 5.92 Å². The molecule has 140 valence electrons. The molecule has 1 saturated heterocycles. The molecule has 0 spiro atoms. The SMILES string of the molecule is CCOC(=O)[C@@](N)(c1ccccc1)[C@@H]1CC(=O)N(c2ccc(Br)cc2)C1=O. The lowest BCUT2D eigenvalue weighted by Gasteiger charge is -2.31. The Morgan fingerprint density at radius 3 is 2.41 bits per heavy atom. The molecule has 3 rings (SSSR count). The first-order chi connectivity index (χ1) is 12.9. The van der Waals surface area contributed by atoms with Crippen molar-refractivity contribution < 1.29 is 19.1 Å². The van der Waals surface area contributed by atoms with Crippen molar-refractivity contribution in [1.29, 1.82) is 0 Å². The van der Waals surface area contributed by atoms with Gasteiger partial charge in [0.2, 0.25) is 11.8 Å². The van der Waals surface area contributed by atoms with Crippen molar-refractivity contribution in [1.82, 2.24) is 0 Å². The molecule has 0 unspecified atom stereocenters. The zero-order valence-electron chi connectivity index (χ0n) is 14.7. The van der Waals surface area contributed by atoms with E-state index in [2.05, 4.69) is 15.9 Å². The van der Waals surface area contributed by atoms with E-state index in [0.29, 0.717) is 11.3 Å². The summed E-state index contributed by atoms with van der Waals surface area (Å²) in [4.78, 5) is 39.6. The molecule has 7 heteroatoms. The minimum Gasteiger partial charge on any atom is -0.464 e. The van der Waals surface area contributed by atoms with E-state index in [1.165, 1.54) is 0 Å².